The molecule has 6 heteroatoms. The minimum Gasteiger partial charge on any atom is -0.325 e. The Balaban J connectivity index is 1.96. The van der Waals surface area contributed by atoms with Crippen LogP contribution in [0.2, 0.25) is 0 Å². The van der Waals surface area contributed by atoms with Crippen molar-refractivity contribution in [3.05, 3.63) is 48.5 Å². The maximum Gasteiger partial charge on any atom is 0.237 e. The van der Waals surface area contributed by atoms with E-state index in [1.807, 2.05) is 0 Å². The molecule has 0 spiro atoms. The molecule has 1 atom stereocenters. The number of carbonyl (C=O) groups is 1. The Morgan fingerprint density at radius 3 is 2.74 bits per heavy atom. The molecule has 1 aromatic carbocycles. The van der Waals surface area contributed by atoms with Gasteiger partial charge in [-0.15, -0.1) is 0 Å². The number of anilines is 1. The van der Waals surface area contributed by atoms with Crippen LogP contribution in [-0.4, -0.2) is 21.1 Å². The first-order valence-corrected chi connectivity index (χ1v) is 6.53. The molecule has 0 aliphatic rings. The first-order valence-electron chi connectivity index (χ1n) is 5.65. The SMILES string of the molecule is CC(Sc1ncccn1)C(=O)Nc1cccc(F)c1. The van der Waals surface area contributed by atoms with Gasteiger partial charge in [0.15, 0.2) is 5.16 Å². The average Bonchev–Trinajstić information content (AvgIpc) is 2.40. The zero-order chi connectivity index (χ0) is 13.7. The molecule has 1 unspecified atom stereocenters. The number of rotatable bonds is 4. The largest absolute Gasteiger partial charge is 0.325 e. The van der Waals surface area contributed by atoms with Crippen molar-refractivity contribution in [1.29, 1.82) is 0 Å². The number of benzene rings is 1. The van der Waals surface area contributed by atoms with Gasteiger partial charge in [-0.25, -0.2) is 14.4 Å². The zero-order valence-electron chi connectivity index (χ0n) is 10.2. The highest BCUT2D eigenvalue weighted by molar-refractivity contribution is 8.00. The summed E-state index contributed by atoms with van der Waals surface area (Å²) >= 11 is 1.25. The summed E-state index contributed by atoms with van der Waals surface area (Å²) in [6.07, 6.45) is 3.24. The fourth-order valence-corrected chi connectivity index (χ4v) is 2.09. The molecule has 2 rings (SSSR count). The summed E-state index contributed by atoms with van der Waals surface area (Å²) in [5.74, 6) is -0.604. The van der Waals surface area contributed by atoms with E-state index in [0.717, 1.165) is 0 Å². The summed E-state index contributed by atoms with van der Waals surface area (Å²) < 4.78 is 13.0. The van der Waals surface area contributed by atoms with Gasteiger partial charge in [0.05, 0.1) is 5.25 Å². The van der Waals surface area contributed by atoms with Crippen LogP contribution in [0.5, 0.6) is 0 Å². The third-order valence-corrected chi connectivity index (χ3v) is 3.27. The Bertz CT molecular complexity index is 565. The van der Waals surface area contributed by atoms with Gasteiger partial charge >= 0.3 is 0 Å². The second-order valence-electron chi connectivity index (χ2n) is 3.79. The van der Waals surface area contributed by atoms with Crippen molar-refractivity contribution in [3.63, 3.8) is 0 Å². The van der Waals surface area contributed by atoms with Gasteiger partial charge in [0.2, 0.25) is 5.91 Å². The molecule has 98 valence electrons. The molecule has 0 fully saturated rings. The summed E-state index contributed by atoms with van der Waals surface area (Å²) in [4.78, 5) is 20.0. The fraction of sp³-hybridized carbons (Fsp3) is 0.154. The van der Waals surface area contributed by atoms with E-state index < -0.39 is 0 Å². The number of nitrogens with zero attached hydrogens (tertiary/aromatic N) is 2. The lowest BCUT2D eigenvalue weighted by molar-refractivity contribution is -0.115. The number of halogens is 1. The number of hydrogen-bond acceptors (Lipinski definition) is 4. The van der Waals surface area contributed by atoms with Crippen molar-refractivity contribution in [2.24, 2.45) is 0 Å². The Labute approximate surface area is 114 Å². The summed E-state index contributed by atoms with van der Waals surface area (Å²) in [7, 11) is 0. The van der Waals surface area contributed by atoms with Crippen LogP contribution >= 0.6 is 11.8 Å². The van der Waals surface area contributed by atoms with Gasteiger partial charge in [-0.1, -0.05) is 17.8 Å². The predicted octanol–water partition coefficient (Wildman–Crippen LogP) is 2.74. The topological polar surface area (TPSA) is 54.9 Å². The maximum atomic E-state index is 13.0. The molecular weight excluding hydrogens is 265 g/mol. The molecule has 0 saturated carbocycles. The van der Waals surface area contributed by atoms with Crippen LogP contribution in [0.4, 0.5) is 10.1 Å². The number of carbonyl (C=O) groups excluding carboxylic acids is 1. The normalized spacial score (nSPS) is 11.9. The van der Waals surface area contributed by atoms with Gasteiger partial charge in [0.25, 0.3) is 0 Å². The predicted molar refractivity (Wildman–Crippen MR) is 72.4 cm³/mol. The lowest BCUT2D eigenvalue weighted by atomic mass is 10.3. The average molecular weight is 277 g/mol. The molecule has 0 radical (unpaired) electrons. The number of amides is 1. The number of nitrogens with one attached hydrogen (secondary N) is 1. The van der Waals surface area contributed by atoms with Crippen molar-refractivity contribution in [3.8, 4) is 0 Å². The lowest BCUT2D eigenvalue weighted by Crippen LogP contribution is -2.22. The fourth-order valence-electron chi connectivity index (χ4n) is 1.37. The number of aromatic nitrogens is 2. The molecule has 0 saturated heterocycles. The van der Waals surface area contributed by atoms with Gasteiger partial charge in [-0.3, -0.25) is 4.79 Å². The summed E-state index contributed by atoms with van der Waals surface area (Å²) in [5.41, 5.74) is 0.437. The van der Waals surface area contributed by atoms with Crippen molar-refractivity contribution >= 4 is 23.4 Å². The van der Waals surface area contributed by atoms with Crippen LogP contribution in [0.1, 0.15) is 6.92 Å². The smallest absolute Gasteiger partial charge is 0.237 e. The third kappa shape index (κ3) is 4.03. The molecular formula is C13H12FN3OS. The molecule has 19 heavy (non-hydrogen) atoms. The van der Waals surface area contributed by atoms with Crippen LogP contribution < -0.4 is 5.32 Å². The summed E-state index contributed by atoms with van der Waals surface area (Å²) in [5, 5.41) is 2.81. The Morgan fingerprint density at radius 2 is 2.05 bits per heavy atom. The second kappa shape index (κ2) is 6.29. The first-order chi connectivity index (χ1) is 9.15. The minimum absolute atomic E-state index is 0.219. The summed E-state index contributed by atoms with van der Waals surface area (Å²) in [6, 6.07) is 7.49. The highest BCUT2D eigenvalue weighted by atomic mass is 32.2. The van der Waals surface area contributed by atoms with Crippen LogP contribution in [-0.2, 0) is 4.79 Å². The van der Waals surface area contributed by atoms with Crippen LogP contribution in [0.15, 0.2) is 47.9 Å². The highest BCUT2D eigenvalue weighted by Gasteiger charge is 2.15. The van der Waals surface area contributed by atoms with Gasteiger partial charge in [0, 0.05) is 18.1 Å². The van der Waals surface area contributed by atoms with Gasteiger partial charge in [-0.05, 0) is 31.2 Å². The second-order valence-corrected chi connectivity index (χ2v) is 5.10. The molecule has 1 aromatic heterocycles. The first kappa shape index (κ1) is 13.5. The van der Waals surface area contributed by atoms with E-state index in [9.17, 15) is 9.18 Å². The number of hydrogen-bond donors (Lipinski definition) is 1. The molecule has 1 N–H and O–H groups in total. The third-order valence-electron chi connectivity index (χ3n) is 2.29. The van der Waals surface area contributed by atoms with Crippen LogP contribution in [0, 0.1) is 5.82 Å². The van der Waals surface area contributed by atoms with Crippen LogP contribution in [0.25, 0.3) is 0 Å². The molecule has 1 amide bonds. The van der Waals surface area contributed by atoms with Crippen LogP contribution in [0.3, 0.4) is 0 Å². The molecule has 4 nitrogen and oxygen atoms in total. The van der Waals surface area contributed by atoms with Crippen molar-refractivity contribution in [2.45, 2.75) is 17.3 Å². The van der Waals surface area contributed by atoms with E-state index in [2.05, 4.69) is 15.3 Å². The van der Waals surface area contributed by atoms with Gasteiger partial charge in [0.1, 0.15) is 5.82 Å². The highest BCUT2D eigenvalue weighted by Crippen LogP contribution is 2.20. The van der Waals surface area contributed by atoms with E-state index in [1.54, 1.807) is 37.5 Å². The van der Waals surface area contributed by atoms with E-state index in [1.165, 1.54) is 23.9 Å². The van der Waals surface area contributed by atoms with E-state index in [0.29, 0.717) is 10.8 Å². The minimum atomic E-state index is -0.385. The summed E-state index contributed by atoms with van der Waals surface area (Å²) in [6.45, 7) is 1.75. The van der Waals surface area contributed by atoms with E-state index in [4.69, 9.17) is 0 Å². The zero-order valence-corrected chi connectivity index (χ0v) is 11.0. The Morgan fingerprint density at radius 1 is 1.32 bits per heavy atom. The Hall–Kier alpha value is -1.95. The molecule has 2 aromatic rings. The van der Waals surface area contributed by atoms with Gasteiger partial charge < -0.3 is 5.32 Å². The Kier molecular flexibility index (Phi) is 4.46. The van der Waals surface area contributed by atoms with Crippen molar-refractivity contribution in [2.75, 3.05) is 5.32 Å². The molecule has 0 bridgehead atoms. The standard InChI is InChI=1S/C13H12FN3OS/c1-9(19-13-15-6-3-7-16-13)12(18)17-11-5-2-4-10(14)8-11/h2-9H,1H3,(H,17,18). The maximum absolute atomic E-state index is 13.0. The molecule has 0 aliphatic carbocycles. The van der Waals surface area contributed by atoms with E-state index in [-0.39, 0.29) is 17.0 Å². The quantitative estimate of drug-likeness (QED) is 0.689. The van der Waals surface area contributed by atoms with Crippen molar-refractivity contribution < 1.29 is 9.18 Å². The lowest BCUT2D eigenvalue weighted by Gasteiger charge is -2.10. The molecule has 1 heterocycles. The molecule has 0 aliphatic heterocycles. The van der Waals surface area contributed by atoms with E-state index >= 15 is 0 Å². The number of thioether (sulfide) groups is 1. The van der Waals surface area contributed by atoms with Crippen molar-refractivity contribution in [1.82, 2.24) is 9.97 Å². The van der Waals surface area contributed by atoms with Gasteiger partial charge in [-0.2, -0.15) is 0 Å². The monoisotopic (exact) mass is 277 g/mol.